The number of hydrogen-bond donors (Lipinski definition) is 0. The van der Waals surface area contributed by atoms with Crippen LogP contribution in [0.15, 0.2) is 30.5 Å². The molecule has 88 valence electrons. The van der Waals surface area contributed by atoms with Gasteiger partial charge in [-0.15, -0.1) is 0 Å². The molecule has 1 aromatic heterocycles. The Labute approximate surface area is 108 Å². The van der Waals surface area contributed by atoms with E-state index in [4.69, 9.17) is 27.9 Å². The van der Waals surface area contributed by atoms with Gasteiger partial charge < -0.3 is 4.74 Å². The minimum atomic E-state index is -0.614. The predicted octanol–water partition coefficient (Wildman–Crippen LogP) is 4.20. The number of ether oxygens (including phenoxy) is 1. The Morgan fingerprint density at radius 1 is 1.24 bits per heavy atom. The van der Waals surface area contributed by atoms with Crippen molar-refractivity contribution in [1.82, 2.24) is 4.98 Å². The fourth-order valence-electron chi connectivity index (χ4n) is 1.53. The molecule has 0 amide bonds. The van der Waals surface area contributed by atoms with E-state index in [2.05, 4.69) is 4.98 Å². The fourth-order valence-corrected chi connectivity index (χ4v) is 2.13. The van der Waals surface area contributed by atoms with Crippen molar-refractivity contribution in [2.45, 2.75) is 0 Å². The summed E-state index contributed by atoms with van der Waals surface area (Å²) in [6, 6.07) is 6.32. The van der Waals surface area contributed by atoms with Crippen LogP contribution in [0, 0.1) is 5.95 Å². The van der Waals surface area contributed by atoms with Crippen LogP contribution in [-0.4, -0.2) is 12.1 Å². The standard InChI is InChI=1S/C12H8Cl2FNO/c1-17-10-6-16-11(15)5-7(10)12-8(13)3-2-4-9(12)14/h2-6H,1H3. The average Bonchev–Trinajstić information content (AvgIpc) is 2.29. The summed E-state index contributed by atoms with van der Waals surface area (Å²) in [5, 5.41) is 0.864. The lowest BCUT2D eigenvalue weighted by Gasteiger charge is -2.11. The van der Waals surface area contributed by atoms with Crippen LogP contribution < -0.4 is 4.74 Å². The van der Waals surface area contributed by atoms with E-state index < -0.39 is 5.95 Å². The first-order chi connectivity index (χ1) is 8.13. The summed E-state index contributed by atoms with van der Waals surface area (Å²) in [5.41, 5.74) is 1.02. The molecule has 0 unspecified atom stereocenters. The van der Waals surface area contributed by atoms with Crippen LogP contribution >= 0.6 is 23.2 Å². The Morgan fingerprint density at radius 2 is 1.88 bits per heavy atom. The third kappa shape index (κ3) is 2.35. The number of hydrogen-bond acceptors (Lipinski definition) is 2. The molecule has 0 spiro atoms. The van der Waals surface area contributed by atoms with Gasteiger partial charge in [0.1, 0.15) is 5.75 Å². The highest BCUT2D eigenvalue weighted by Gasteiger charge is 2.14. The second-order valence-electron chi connectivity index (χ2n) is 3.30. The van der Waals surface area contributed by atoms with Gasteiger partial charge in [0.15, 0.2) is 0 Å². The zero-order valence-corrected chi connectivity index (χ0v) is 10.4. The maximum Gasteiger partial charge on any atom is 0.213 e. The highest BCUT2D eigenvalue weighted by atomic mass is 35.5. The molecule has 5 heteroatoms. The van der Waals surface area contributed by atoms with Gasteiger partial charge in [0.05, 0.1) is 23.4 Å². The molecule has 2 rings (SSSR count). The first kappa shape index (κ1) is 12.1. The van der Waals surface area contributed by atoms with E-state index in [9.17, 15) is 4.39 Å². The van der Waals surface area contributed by atoms with Crippen molar-refractivity contribution in [2.75, 3.05) is 7.11 Å². The zero-order chi connectivity index (χ0) is 12.4. The molecular weight excluding hydrogens is 264 g/mol. The van der Waals surface area contributed by atoms with Crippen molar-refractivity contribution >= 4 is 23.2 Å². The van der Waals surface area contributed by atoms with Crippen LogP contribution in [0.25, 0.3) is 11.1 Å². The zero-order valence-electron chi connectivity index (χ0n) is 8.88. The Kier molecular flexibility index (Phi) is 3.50. The van der Waals surface area contributed by atoms with Gasteiger partial charge in [-0.1, -0.05) is 29.3 Å². The first-order valence-electron chi connectivity index (χ1n) is 4.77. The second-order valence-corrected chi connectivity index (χ2v) is 4.12. The number of methoxy groups -OCH3 is 1. The molecule has 0 atom stereocenters. The molecule has 2 nitrogen and oxygen atoms in total. The molecule has 1 aromatic carbocycles. The molecule has 0 radical (unpaired) electrons. The van der Waals surface area contributed by atoms with Gasteiger partial charge in [-0.25, -0.2) is 4.98 Å². The molecule has 0 saturated heterocycles. The summed E-state index contributed by atoms with van der Waals surface area (Å²) >= 11 is 12.1. The Balaban J connectivity index is 2.71. The smallest absolute Gasteiger partial charge is 0.213 e. The van der Waals surface area contributed by atoms with Gasteiger partial charge in [-0.2, -0.15) is 4.39 Å². The summed E-state index contributed by atoms with van der Waals surface area (Å²) in [7, 11) is 1.48. The van der Waals surface area contributed by atoms with Crippen LogP contribution in [0.5, 0.6) is 5.75 Å². The molecule has 0 aliphatic carbocycles. The van der Waals surface area contributed by atoms with Gasteiger partial charge in [0, 0.05) is 17.2 Å². The third-order valence-corrected chi connectivity index (χ3v) is 2.92. The summed E-state index contributed by atoms with van der Waals surface area (Å²) in [5.74, 6) is -0.196. The highest BCUT2D eigenvalue weighted by molar-refractivity contribution is 6.39. The van der Waals surface area contributed by atoms with E-state index >= 15 is 0 Å². The van der Waals surface area contributed by atoms with Gasteiger partial charge in [0.25, 0.3) is 0 Å². The lowest BCUT2D eigenvalue weighted by atomic mass is 10.1. The molecule has 0 saturated carbocycles. The van der Waals surface area contributed by atoms with Gasteiger partial charge in [-0.3, -0.25) is 0 Å². The van der Waals surface area contributed by atoms with Crippen LogP contribution in [0.1, 0.15) is 0 Å². The minimum absolute atomic E-state index is 0.418. The molecule has 1 heterocycles. The topological polar surface area (TPSA) is 22.1 Å². The molecule has 0 bridgehead atoms. The maximum atomic E-state index is 13.2. The quantitative estimate of drug-likeness (QED) is 0.764. The number of benzene rings is 1. The molecule has 0 N–H and O–H groups in total. The largest absolute Gasteiger partial charge is 0.494 e. The third-order valence-electron chi connectivity index (χ3n) is 2.29. The minimum Gasteiger partial charge on any atom is -0.494 e. The fraction of sp³-hybridized carbons (Fsp3) is 0.0833. The number of pyridine rings is 1. The van der Waals surface area contributed by atoms with Crippen molar-refractivity contribution in [3.63, 3.8) is 0 Å². The molecule has 2 aromatic rings. The van der Waals surface area contributed by atoms with E-state index in [0.717, 1.165) is 0 Å². The summed E-state index contributed by atoms with van der Waals surface area (Å²) in [4.78, 5) is 3.52. The molecule has 0 aliphatic heterocycles. The van der Waals surface area contributed by atoms with Gasteiger partial charge in [-0.05, 0) is 12.1 Å². The summed E-state index contributed by atoms with van der Waals surface area (Å²) < 4.78 is 18.3. The molecule has 0 aliphatic rings. The SMILES string of the molecule is COc1cnc(F)cc1-c1c(Cl)cccc1Cl. The van der Waals surface area contributed by atoms with E-state index in [1.165, 1.54) is 19.4 Å². The first-order valence-corrected chi connectivity index (χ1v) is 5.53. The number of halogens is 3. The van der Waals surface area contributed by atoms with Gasteiger partial charge in [0.2, 0.25) is 5.95 Å². The van der Waals surface area contributed by atoms with Crippen molar-refractivity contribution in [1.29, 1.82) is 0 Å². The lowest BCUT2D eigenvalue weighted by molar-refractivity contribution is 0.412. The van der Waals surface area contributed by atoms with Crippen LogP contribution in [0.2, 0.25) is 10.0 Å². The van der Waals surface area contributed by atoms with Crippen LogP contribution in [0.4, 0.5) is 4.39 Å². The van der Waals surface area contributed by atoms with E-state index in [0.29, 0.717) is 26.9 Å². The Bertz CT molecular complexity index is 540. The number of rotatable bonds is 2. The second kappa shape index (κ2) is 4.90. The Hall–Kier alpha value is -1.32. The van der Waals surface area contributed by atoms with E-state index in [1.807, 2.05) is 0 Å². The van der Waals surface area contributed by atoms with Crippen LogP contribution in [-0.2, 0) is 0 Å². The number of aromatic nitrogens is 1. The Morgan fingerprint density at radius 3 is 2.47 bits per heavy atom. The number of nitrogens with zero attached hydrogens (tertiary/aromatic N) is 1. The van der Waals surface area contributed by atoms with Crippen molar-refractivity contribution in [3.05, 3.63) is 46.5 Å². The van der Waals surface area contributed by atoms with Crippen molar-refractivity contribution < 1.29 is 9.13 Å². The van der Waals surface area contributed by atoms with Crippen LogP contribution in [0.3, 0.4) is 0 Å². The molecule has 0 fully saturated rings. The van der Waals surface area contributed by atoms with Gasteiger partial charge >= 0.3 is 0 Å². The maximum absolute atomic E-state index is 13.2. The summed E-state index contributed by atoms with van der Waals surface area (Å²) in [6.07, 6.45) is 1.30. The molecular formula is C12H8Cl2FNO. The van der Waals surface area contributed by atoms with Crippen molar-refractivity contribution in [3.8, 4) is 16.9 Å². The monoisotopic (exact) mass is 271 g/mol. The highest BCUT2D eigenvalue weighted by Crippen LogP contribution is 2.39. The molecule has 17 heavy (non-hydrogen) atoms. The predicted molar refractivity (Wildman–Crippen MR) is 66.2 cm³/mol. The van der Waals surface area contributed by atoms with E-state index in [1.54, 1.807) is 18.2 Å². The summed E-state index contributed by atoms with van der Waals surface area (Å²) in [6.45, 7) is 0. The lowest BCUT2D eigenvalue weighted by Crippen LogP contribution is -1.93. The van der Waals surface area contributed by atoms with E-state index in [-0.39, 0.29) is 0 Å². The average molecular weight is 272 g/mol. The van der Waals surface area contributed by atoms with Crippen molar-refractivity contribution in [2.24, 2.45) is 0 Å². The normalized spacial score (nSPS) is 10.4.